The molecule has 1 unspecified atom stereocenters. The monoisotopic (exact) mass is 316 g/mol. The summed E-state index contributed by atoms with van der Waals surface area (Å²) in [6, 6.07) is 11.9. The number of halogens is 2. The highest BCUT2D eigenvalue weighted by Gasteiger charge is 2.13. The number of benzene rings is 2. The molecule has 2 nitrogen and oxygen atoms in total. The number of carboxylic acid groups (broad SMARTS) is 1. The molecule has 0 saturated carbocycles. The zero-order chi connectivity index (χ0) is 16.1. The fraction of sp³-hybridized carbons (Fsp3) is 0.167. The van der Waals surface area contributed by atoms with Crippen LogP contribution < -0.4 is 0 Å². The highest BCUT2D eigenvalue weighted by Crippen LogP contribution is 2.27. The van der Waals surface area contributed by atoms with Crippen LogP contribution in [0.1, 0.15) is 24.8 Å². The third-order valence-corrected chi connectivity index (χ3v) is 3.57. The number of carbonyl (C=O) groups is 1. The zero-order valence-corrected chi connectivity index (χ0v) is 12.7. The van der Waals surface area contributed by atoms with Gasteiger partial charge < -0.3 is 5.11 Å². The van der Waals surface area contributed by atoms with E-state index in [0.29, 0.717) is 5.56 Å². The van der Waals surface area contributed by atoms with Crippen LogP contribution in [0.15, 0.2) is 42.5 Å². The van der Waals surface area contributed by atoms with Gasteiger partial charge in [0.05, 0.1) is 17.4 Å². The summed E-state index contributed by atoms with van der Waals surface area (Å²) in [5, 5.41) is 9.02. The van der Waals surface area contributed by atoms with Gasteiger partial charge in [-0.25, -0.2) is 4.39 Å². The summed E-state index contributed by atoms with van der Waals surface area (Å²) in [5.74, 6) is 3.94. The van der Waals surface area contributed by atoms with Crippen molar-refractivity contribution in [2.75, 3.05) is 0 Å². The highest BCUT2D eigenvalue weighted by atomic mass is 35.5. The van der Waals surface area contributed by atoms with Gasteiger partial charge in [0.15, 0.2) is 0 Å². The molecule has 0 aliphatic heterocycles. The first-order valence-corrected chi connectivity index (χ1v) is 7.08. The van der Waals surface area contributed by atoms with Crippen LogP contribution in [-0.4, -0.2) is 11.1 Å². The van der Waals surface area contributed by atoms with Gasteiger partial charge in [-0.1, -0.05) is 47.9 Å². The second-order valence-electron chi connectivity index (χ2n) is 4.80. The number of hydrogen-bond acceptors (Lipinski definition) is 1. The molecule has 0 radical (unpaired) electrons. The maximum atomic E-state index is 13.5. The van der Waals surface area contributed by atoms with E-state index in [-0.39, 0.29) is 17.4 Å². The Balaban J connectivity index is 2.29. The fourth-order valence-corrected chi connectivity index (χ4v) is 2.30. The lowest BCUT2D eigenvalue weighted by Gasteiger charge is -2.10. The van der Waals surface area contributed by atoms with E-state index in [2.05, 4.69) is 11.8 Å². The summed E-state index contributed by atoms with van der Waals surface area (Å²) >= 11 is 5.67. The second kappa shape index (κ2) is 7.11. The number of carboxylic acids is 1. The van der Waals surface area contributed by atoms with Crippen molar-refractivity contribution in [3.8, 4) is 23.0 Å². The van der Waals surface area contributed by atoms with E-state index in [1.165, 1.54) is 12.1 Å². The van der Waals surface area contributed by atoms with Gasteiger partial charge in [-0.2, -0.15) is 0 Å². The molecule has 0 aliphatic rings. The van der Waals surface area contributed by atoms with E-state index in [1.807, 2.05) is 24.3 Å². The normalized spacial score (nSPS) is 11.4. The van der Waals surface area contributed by atoms with E-state index in [0.717, 1.165) is 11.1 Å². The molecule has 112 valence electrons. The van der Waals surface area contributed by atoms with Crippen molar-refractivity contribution in [2.45, 2.75) is 19.3 Å². The lowest BCUT2D eigenvalue weighted by molar-refractivity contribution is -0.137. The van der Waals surface area contributed by atoms with Crippen molar-refractivity contribution in [3.63, 3.8) is 0 Å². The average molecular weight is 317 g/mol. The SMILES string of the molecule is CC#CC(CC(=O)O)c1ccc(-c2ccc(Cl)c(F)c2)cc1. The van der Waals surface area contributed by atoms with E-state index >= 15 is 0 Å². The molecule has 1 N–H and O–H groups in total. The van der Waals surface area contributed by atoms with Crippen LogP contribution in [0.3, 0.4) is 0 Å². The predicted octanol–water partition coefficient (Wildman–Crippen LogP) is 4.73. The number of hydrogen-bond donors (Lipinski definition) is 1. The Morgan fingerprint density at radius 3 is 2.41 bits per heavy atom. The Morgan fingerprint density at radius 1 is 1.23 bits per heavy atom. The minimum atomic E-state index is -0.892. The van der Waals surface area contributed by atoms with E-state index in [9.17, 15) is 9.18 Å². The van der Waals surface area contributed by atoms with Crippen LogP contribution in [-0.2, 0) is 4.79 Å². The standard InChI is InChI=1S/C18H14ClFO2/c1-2-3-14(11-18(21)22)12-4-6-13(7-5-12)15-8-9-16(19)17(20)10-15/h4-10,14H,11H2,1H3,(H,21,22). The summed E-state index contributed by atoms with van der Waals surface area (Å²) in [6.07, 6.45) is -0.0459. The fourth-order valence-electron chi connectivity index (χ4n) is 2.18. The lowest BCUT2D eigenvalue weighted by Crippen LogP contribution is -2.04. The molecule has 0 fully saturated rings. The molecule has 22 heavy (non-hydrogen) atoms. The maximum absolute atomic E-state index is 13.5. The smallest absolute Gasteiger partial charge is 0.304 e. The van der Waals surface area contributed by atoms with Gasteiger partial charge in [0.25, 0.3) is 0 Å². The van der Waals surface area contributed by atoms with Crippen molar-refractivity contribution in [1.82, 2.24) is 0 Å². The molecule has 4 heteroatoms. The maximum Gasteiger partial charge on any atom is 0.304 e. The van der Waals surface area contributed by atoms with Crippen molar-refractivity contribution in [1.29, 1.82) is 0 Å². The number of aliphatic carboxylic acids is 1. The summed E-state index contributed by atoms with van der Waals surface area (Å²) in [7, 11) is 0. The summed E-state index contributed by atoms with van der Waals surface area (Å²) < 4.78 is 13.5. The largest absolute Gasteiger partial charge is 0.481 e. The van der Waals surface area contributed by atoms with Crippen LogP contribution in [0.2, 0.25) is 5.02 Å². The topological polar surface area (TPSA) is 37.3 Å². The summed E-state index contributed by atoms with van der Waals surface area (Å²) in [6.45, 7) is 1.68. The second-order valence-corrected chi connectivity index (χ2v) is 5.20. The van der Waals surface area contributed by atoms with Crippen LogP contribution in [0, 0.1) is 17.7 Å². The van der Waals surface area contributed by atoms with E-state index in [4.69, 9.17) is 16.7 Å². The molecule has 0 aromatic heterocycles. The van der Waals surface area contributed by atoms with Gasteiger partial charge in [-0.05, 0) is 35.7 Å². The zero-order valence-electron chi connectivity index (χ0n) is 11.9. The Hall–Kier alpha value is -2.31. The molecule has 0 heterocycles. The highest BCUT2D eigenvalue weighted by molar-refractivity contribution is 6.30. The molecule has 2 aromatic rings. The Labute approximate surface area is 133 Å². The quantitative estimate of drug-likeness (QED) is 0.828. The molecule has 0 saturated heterocycles. The number of rotatable bonds is 4. The molecule has 1 atom stereocenters. The van der Waals surface area contributed by atoms with Crippen LogP contribution >= 0.6 is 11.6 Å². The van der Waals surface area contributed by atoms with E-state index < -0.39 is 11.8 Å². The van der Waals surface area contributed by atoms with E-state index in [1.54, 1.807) is 13.0 Å². The van der Waals surface area contributed by atoms with Crippen molar-refractivity contribution in [2.24, 2.45) is 0 Å². The Bertz CT molecular complexity index is 742. The Kier molecular flexibility index (Phi) is 5.19. The predicted molar refractivity (Wildman–Crippen MR) is 85.3 cm³/mol. The van der Waals surface area contributed by atoms with Gasteiger partial charge in [0.1, 0.15) is 5.82 Å². The van der Waals surface area contributed by atoms with Gasteiger partial charge in [0.2, 0.25) is 0 Å². The van der Waals surface area contributed by atoms with Gasteiger partial charge in [-0.3, -0.25) is 4.79 Å². The minimum Gasteiger partial charge on any atom is -0.481 e. The molecule has 0 spiro atoms. The van der Waals surface area contributed by atoms with Crippen LogP contribution in [0.5, 0.6) is 0 Å². The molecule has 0 amide bonds. The first kappa shape index (κ1) is 16.1. The van der Waals surface area contributed by atoms with Gasteiger partial charge in [0, 0.05) is 0 Å². The molecule has 2 rings (SSSR count). The van der Waals surface area contributed by atoms with Gasteiger partial charge >= 0.3 is 5.97 Å². The molecule has 0 aliphatic carbocycles. The van der Waals surface area contributed by atoms with Crippen LogP contribution in [0.25, 0.3) is 11.1 Å². The van der Waals surface area contributed by atoms with Gasteiger partial charge in [-0.15, -0.1) is 5.92 Å². The lowest BCUT2D eigenvalue weighted by atomic mass is 9.94. The van der Waals surface area contributed by atoms with Crippen molar-refractivity contribution < 1.29 is 14.3 Å². The first-order chi connectivity index (χ1) is 10.5. The van der Waals surface area contributed by atoms with Crippen molar-refractivity contribution in [3.05, 3.63) is 58.9 Å². The summed E-state index contributed by atoms with van der Waals surface area (Å²) in [5.41, 5.74) is 2.37. The average Bonchev–Trinajstić information content (AvgIpc) is 2.49. The Morgan fingerprint density at radius 2 is 1.86 bits per heavy atom. The molecule has 2 aromatic carbocycles. The van der Waals surface area contributed by atoms with Crippen molar-refractivity contribution >= 4 is 17.6 Å². The minimum absolute atomic E-state index is 0.0459. The first-order valence-electron chi connectivity index (χ1n) is 6.70. The molecular weight excluding hydrogens is 303 g/mol. The molecular formula is C18H14ClFO2. The third kappa shape index (κ3) is 3.87. The molecule has 0 bridgehead atoms. The van der Waals surface area contributed by atoms with Crippen LogP contribution in [0.4, 0.5) is 4.39 Å². The summed E-state index contributed by atoms with van der Waals surface area (Å²) in [4.78, 5) is 10.9. The third-order valence-electron chi connectivity index (χ3n) is 3.26.